The van der Waals surface area contributed by atoms with Crippen LogP contribution in [0.15, 0.2) is 35.3 Å². The normalized spacial score (nSPS) is 11.7. The zero-order valence-corrected chi connectivity index (χ0v) is 13.0. The molecule has 0 aliphatic heterocycles. The monoisotopic (exact) mass is 320 g/mol. The van der Waals surface area contributed by atoms with Crippen molar-refractivity contribution in [3.63, 3.8) is 0 Å². The fourth-order valence-electron chi connectivity index (χ4n) is 1.93. The summed E-state index contributed by atoms with van der Waals surface area (Å²) in [7, 11) is 1.67. The van der Waals surface area contributed by atoms with Gasteiger partial charge >= 0.3 is 11.7 Å². The second-order valence-corrected chi connectivity index (χ2v) is 5.66. The molecule has 0 aromatic carbocycles. The lowest BCUT2D eigenvalue weighted by molar-refractivity contribution is -0.384. The molecule has 1 unspecified atom stereocenters. The largest absolute Gasteiger partial charge is 0.325 e. The first-order valence-corrected chi connectivity index (χ1v) is 7.56. The Morgan fingerprint density at radius 1 is 1.55 bits per heavy atom. The van der Waals surface area contributed by atoms with Crippen LogP contribution >= 0.6 is 11.3 Å². The van der Waals surface area contributed by atoms with Gasteiger partial charge in [-0.1, -0.05) is 0 Å². The Balaban J connectivity index is 2.04. The standard InChI is InChI=1S/C14H16N4O3S/c1-10(7-11-4-6-22-9-11)17(2)14(19)16-12-3-5-15-8-13(12)18(20)21/h3-6,8-10H,7H2,1-2H3,(H,15,16,19). The van der Waals surface area contributed by atoms with Crippen molar-refractivity contribution in [2.75, 3.05) is 12.4 Å². The topological polar surface area (TPSA) is 88.4 Å². The third kappa shape index (κ3) is 3.79. The summed E-state index contributed by atoms with van der Waals surface area (Å²) < 4.78 is 0. The summed E-state index contributed by atoms with van der Waals surface area (Å²) in [6.45, 7) is 1.93. The van der Waals surface area contributed by atoms with E-state index in [1.165, 1.54) is 17.2 Å². The van der Waals surface area contributed by atoms with Crippen molar-refractivity contribution in [3.05, 3.63) is 51.0 Å². The van der Waals surface area contributed by atoms with Gasteiger partial charge in [0.15, 0.2) is 0 Å². The van der Waals surface area contributed by atoms with Gasteiger partial charge in [-0.2, -0.15) is 11.3 Å². The number of anilines is 1. The zero-order chi connectivity index (χ0) is 16.1. The first kappa shape index (κ1) is 15.9. The molecule has 8 heteroatoms. The summed E-state index contributed by atoms with van der Waals surface area (Å²) in [5, 5.41) is 17.5. The van der Waals surface area contributed by atoms with E-state index in [4.69, 9.17) is 0 Å². The molecule has 2 aromatic heterocycles. The summed E-state index contributed by atoms with van der Waals surface area (Å²) in [6, 6.07) is 3.00. The summed E-state index contributed by atoms with van der Waals surface area (Å²) in [4.78, 5) is 27.8. The number of carbonyl (C=O) groups is 1. The highest BCUT2D eigenvalue weighted by Crippen LogP contribution is 2.22. The number of carbonyl (C=O) groups excluding carboxylic acids is 1. The average molecular weight is 320 g/mol. The van der Waals surface area contributed by atoms with Crippen LogP contribution in [-0.2, 0) is 6.42 Å². The van der Waals surface area contributed by atoms with Crippen LogP contribution in [0.5, 0.6) is 0 Å². The number of nitrogens with one attached hydrogen (secondary N) is 1. The lowest BCUT2D eigenvalue weighted by atomic mass is 10.1. The maximum absolute atomic E-state index is 12.2. The van der Waals surface area contributed by atoms with Crippen molar-refractivity contribution in [1.82, 2.24) is 9.88 Å². The molecule has 2 amide bonds. The molecule has 0 spiro atoms. The molecular formula is C14H16N4O3S. The van der Waals surface area contributed by atoms with E-state index in [1.54, 1.807) is 18.4 Å². The van der Waals surface area contributed by atoms with Gasteiger partial charge in [0, 0.05) is 19.3 Å². The second kappa shape index (κ2) is 6.99. The molecule has 7 nitrogen and oxygen atoms in total. The Morgan fingerprint density at radius 3 is 2.95 bits per heavy atom. The highest BCUT2D eigenvalue weighted by atomic mass is 32.1. The van der Waals surface area contributed by atoms with E-state index in [0.29, 0.717) is 0 Å². The van der Waals surface area contributed by atoms with E-state index >= 15 is 0 Å². The van der Waals surface area contributed by atoms with E-state index < -0.39 is 11.0 Å². The van der Waals surface area contributed by atoms with Crippen LogP contribution in [0.2, 0.25) is 0 Å². The predicted octanol–water partition coefficient (Wildman–Crippen LogP) is 3.15. The number of nitrogens with zero attached hydrogens (tertiary/aromatic N) is 3. The van der Waals surface area contributed by atoms with E-state index in [2.05, 4.69) is 10.3 Å². The molecule has 22 heavy (non-hydrogen) atoms. The molecule has 2 heterocycles. The molecule has 0 saturated carbocycles. The van der Waals surface area contributed by atoms with Gasteiger partial charge in [0.25, 0.3) is 0 Å². The van der Waals surface area contributed by atoms with Crippen molar-refractivity contribution >= 4 is 28.7 Å². The van der Waals surface area contributed by atoms with Crippen LogP contribution in [-0.4, -0.2) is 33.9 Å². The zero-order valence-electron chi connectivity index (χ0n) is 12.2. The minimum atomic E-state index is -0.572. The third-order valence-corrected chi connectivity index (χ3v) is 4.06. The molecule has 0 saturated heterocycles. The summed E-state index contributed by atoms with van der Waals surface area (Å²) in [6.07, 6.45) is 3.24. The SMILES string of the molecule is CC(Cc1ccsc1)N(C)C(=O)Nc1ccncc1[N+](=O)[O-]. The Morgan fingerprint density at radius 2 is 2.32 bits per heavy atom. The number of likely N-dealkylation sites (N-methyl/N-ethyl adjacent to an activating group) is 1. The first-order chi connectivity index (χ1) is 10.5. The lowest BCUT2D eigenvalue weighted by Gasteiger charge is -2.25. The maximum atomic E-state index is 12.2. The number of amides is 2. The number of thiophene rings is 1. The van der Waals surface area contributed by atoms with Crippen molar-refractivity contribution in [2.24, 2.45) is 0 Å². The highest BCUT2D eigenvalue weighted by molar-refractivity contribution is 7.07. The molecule has 1 atom stereocenters. The molecule has 2 rings (SSSR count). The highest BCUT2D eigenvalue weighted by Gasteiger charge is 2.20. The Bertz CT molecular complexity index is 660. The van der Waals surface area contributed by atoms with E-state index in [0.717, 1.165) is 18.2 Å². The van der Waals surface area contributed by atoms with E-state index in [-0.39, 0.29) is 17.4 Å². The fourth-order valence-corrected chi connectivity index (χ4v) is 2.61. The van der Waals surface area contributed by atoms with Gasteiger partial charge in [0.2, 0.25) is 0 Å². The first-order valence-electron chi connectivity index (χ1n) is 6.62. The number of nitro groups is 1. The second-order valence-electron chi connectivity index (χ2n) is 4.88. The smallest absolute Gasteiger partial charge is 0.322 e. The van der Waals surface area contributed by atoms with Crippen LogP contribution in [0.1, 0.15) is 12.5 Å². The number of urea groups is 1. The van der Waals surface area contributed by atoms with Gasteiger partial charge in [-0.05, 0) is 41.8 Å². The van der Waals surface area contributed by atoms with Crippen molar-refractivity contribution < 1.29 is 9.72 Å². The Labute approximate surface area is 131 Å². The lowest BCUT2D eigenvalue weighted by Crippen LogP contribution is -2.39. The minimum Gasteiger partial charge on any atom is -0.325 e. The van der Waals surface area contributed by atoms with E-state index in [9.17, 15) is 14.9 Å². The molecule has 1 N–H and O–H groups in total. The molecule has 0 aliphatic rings. The summed E-state index contributed by atoms with van der Waals surface area (Å²) >= 11 is 1.61. The fraction of sp³-hybridized carbons (Fsp3) is 0.286. The molecule has 0 bridgehead atoms. The molecule has 0 fully saturated rings. The van der Waals surface area contributed by atoms with Gasteiger partial charge in [-0.15, -0.1) is 0 Å². The summed E-state index contributed by atoms with van der Waals surface area (Å²) in [5.41, 5.74) is 1.07. The number of pyridine rings is 1. The predicted molar refractivity (Wildman–Crippen MR) is 85.2 cm³/mol. The average Bonchev–Trinajstić information content (AvgIpc) is 2.99. The van der Waals surface area contributed by atoms with Gasteiger partial charge in [0.1, 0.15) is 11.9 Å². The van der Waals surface area contributed by atoms with Gasteiger partial charge < -0.3 is 10.2 Å². The van der Waals surface area contributed by atoms with Crippen molar-refractivity contribution in [1.29, 1.82) is 0 Å². The number of aromatic nitrogens is 1. The minimum absolute atomic E-state index is 0.0320. The van der Waals surface area contributed by atoms with Crippen LogP contribution < -0.4 is 5.32 Å². The van der Waals surface area contributed by atoms with Gasteiger partial charge in [-0.3, -0.25) is 15.1 Å². The van der Waals surface area contributed by atoms with Gasteiger partial charge in [0.05, 0.1) is 4.92 Å². The Kier molecular flexibility index (Phi) is 5.05. The number of hydrogen-bond acceptors (Lipinski definition) is 5. The third-order valence-electron chi connectivity index (χ3n) is 3.33. The number of hydrogen-bond donors (Lipinski definition) is 1. The van der Waals surface area contributed by atoms with E-state index in [1.807, 2.05) is 23.8 Å². The number of rotatable bonds is 5. The van der Waals surface area contributed by atoms with Crippen LogP contribution in [0, 0.1) is 10.1 Å². The maximum Gasteiger partial charge on any atom is 0.322 e. The molecular weight excluding hydrogens is 304 g/mol. The van der Waals surface area contributed by atoms with Crippen molar-refractivity contribution in [3.8, 4) is 0 Å². The molecule has 0 radical (unpaired) electrons. The quantitative estimate of drug-likeness (QED) is 0.677. The van der Waals surface area contributed by atoms with Crippen LogP contribution in [0.4, 0.5) is 16.2 Å². The summed E-state index contributed by atoms with van der Waals surface area (Å²) in [5.74, 6) is 0. The van der Waals surface area contributed by atoms with Crippen LogP contribution in [0.3, 0.4) is 0 Å². The van der Waals surface area contributed by atoms with Crippen molar-refractivity contribution in [2.45, 2.75) is 19.4 Å². The molecule has 0 aliphatic carbocycles. The van der Waals surface area contributed by atoms with Crippen LogP contribution in [0.25, 0.3) is 0 Å². The Hall–Kier alpha value is -2.48. The molecule has 116 valence electrons. The van der Waals surface area contributed by atoms with Gasteiger partial charge in [-0.25, -0.2) is 4.79 Å². The molecule has 2 aromatic rings.